The van der Waals surface area contributed by atoms with Crippen LogP contribution in [0.2, 0.25) is 0 Å². The highest BCUT2D eigenvalue weighted by Gasteiger charge is 2.39. The van der Waals surface area contributed by atoms with E-state index in [-0.39, 0.29) is 5.56 Å². The molecule has 0 amide bonds. The van der Waals surface area contributed by atoms with Crippen LogP contribution in [0, 0.1) is 0 Å². The molecule has 1 unspecified atom stereocenters. The highest BCUT2D eigenvalue weighted by atomic mass is 19.4. The Balaban J connectivity index is 2.33. The van der Waals surface area contributed by atoms with Crippen molar-refractivity contribution in [1.82, 2.24) is 5.32 Å². The predicted octanol–water partition coefficient (Wildman–Crippen LogP) is 2.54. The summed E-state index contributed by atoms with van der Waals surface area (Å²) in [5.74, 6) is 0. The van der Waals surface area contributed by atoms with Crippen LogP contribution in [0.5, 0.6) is 0 Å². The van der Waals surface area contributed by atoms with E-state index in [0.717, 1.165) is 11.1 Å². The summed E-state index contributed by atoms with van der Waals surface area (Å²) in [6.07, 6.45) is -4.28. The van der Waals surface area contributed by atoms with Gasteiger partial charge in [-0.25, -0.2) is 0 Å². The Labute approximate surface area is 91.4 Å². The highest BCUT2D eigenvalue weighted by molar-refractivity contribution is 5.35. The minimum absolute atomic E-state index is 0.235. The molecule has 1 aliphatic heterocycles. The molecule has 1 aromatic rings. The van der Waals surface area contributed by atoms with E-state index in [1.54, 1.807) is 12.1 Å². The van der Waals surface area contributed by atoms with Gasteiger partial charge in [-0.3, -0.25) is 0 Å². The third-order valence-electron chi connectivity index (χ3n) is 2.69. The minimum Gasteiger partial charge on any atom is -0.372 e. The fraction of sp³-hybridized carbons (Fsp3) is 0.455. The van der Waals surface area contributed by atoms with Gasteiger partial charge in [0.2, 0.25) is 0 Å². The summed E-state index contributed by atoms with van der Waals surface area (Å²) in [6.45, 7) is 0.892. The van der Waals surface area contributed by atoms with Crippen molar-refractivity contribution in [1.29, 1.82) is 0 Å². The lowest BCUT2D eigenvalue weighted by molar-refractivity contribution is -0.156. The first kappa shape index (κ1) is 11.4. The summed E-state index contributed by atoms with van der Waals surface area (Å²) < 4.78 is 43.2. The van der Waals surface area contributed by atoms with E-state index in [1.807, 2.05) is 0 Å². The summed E-state index contributed by atoms with van der Waals surface area (Å²) in [5.41, 5.74) is 2.06. The van der Waals surface area contributed by atoms with E-state index in [1.165, 1.54) is 13.1 Å². The molecule has 0 aliphatic carbocycles. The van der Waals surface area contributed by atoms with Crippen molar-refractivity contribution in [3.05, 3.63) is 34.9 Å². The molecule has 1 heterocycles. The Morgan fingerprint density at radius 3 is 2.56 bits per heavy atom. The Bertz CT molecular complexity index is 389. The lowest BCUT2D eigenvalue weighted by atomic mass is 10.0. The number of hydrogen-bond acceptors (Lipinski definition) is 2. The first-order chi connectivity index (χ1) is 7.52. The molecule has 88 valence electrons. The van der Waals surface area contributed by atoms with Crippen LogP contribution in [0.25, 0.3) is 0 Å². The Morgan fingerprint density at radius 2 is 1.94 bits per heavy atom. The second-order valence-electron chi connectivity index (χ2n) is 3.78. The number of ether oxygens (including phenoxy) is 1. The Kier molecular flexibility index (Phi) is 2.90. The largest absolute Gasteiger partial charge is 0.407 e. The molecule has 0 spiro atoms. The average molecular weight is 231 g/mol. The molecule has 1 aliphatic rings. The summed E-state index contributed by atoms with van der Waals surface area (Å²) in [7, 11) is 1.31. The van der Waals surface area contributed by atoms with Crippen molar-refractivity contribution >= 4 is 0 Å². The van der Waals surface area contributed by atoms with Gasteiger partial charge in [-0.15, -0.1) is 0 Å². The topological polar surface area (TPSA) is 21.3 Å². The van der Waals surface area contributed by atoms with Gasteiger partial charge in [-0.05, 0) is 23.7 Å². The zero-order chi connectivity index (χ0) is 11.8. The maximum atomic E-state index is 12.7. The predicted molar refractivity (Wildman–Crippen MR) is 52.8 cm³/mol. The van der Waals surface area contributed by atoms with Crippen LogP contribution in [0.4, 0.5) is 13.2 Å². The van der Waals surface area contributed by atoms with E-state index in [0.29, 0.717) is 13.2 Å². The Hall–Kier alpha value is -1.07. The molecular weight excluding hydrogens is 219 g/mol. The standard InChI is InChI=1S/C11H12F3NO/c1-15-10(11(12,13)14)7-2-3-8-5-16-6-9(8)4-7/h2-4,10,15H,5-6H2,1H3. The van der Waals surface area contributed by atoms with E-state index >= 15 is 0 Å². The zero-order valence-corrected chi connectivity index (χ0v) is 8.77. The monoisotopic (exact) mass is 231 g/mol. The van der Waals surface area contributed by atoms with Gasteiger partial charge in [0.1, 0.15) is 6.04 Å². The van der Waals surface area contributed by atoms with Gasteiger partial charge in [0.25, 0.3) is 0 Å². The number of hydrogen-bond donors (Lipinski definition) is 1. The fourth-order valence-corrected chi connectivity index (χ4v) is 1.89. The second kappa shape index (κ2) is 4.07. The summed E-state index contributed by atoms with van der Waals surface area (Å²) in [5, 5.41) is 2.28. The van der Waals surface area contributed by atoms with Crippen molar-refractivity contribution < 1.29 is 17.9 Å². The third-order valence-corrected chi connectivity index (χ3v) is 2.69. The van der Waals surface area contributed by atoms with E-state index < -0.39 is 12.2 Å². The highest BCUT2D eigenvalue weighted by Crippen LogP contribution is 2.34. The van der Waals surface area contributed by atoms with E-state index in [4.69, 9.17) is 4.74 Å². The van der Waals surface area contributed by atoms with Crippen LogP contribution in [0.1, 0.15) is 22.7 Å². The molecule has 1 aromatic carbocycles. The van der Waals surface area contributed by atoms with Crippen LogP contribution in [-0.4, -0.2) is 13.2 Å². The van der Waals surface area contributed by atoms with Gasteiger partial charge in [-0.2, -0.15) is 13.2 Å². The molecule has 16 heavy (non-hydrogen) atoms. The van der Waals surface area contributed by atoms with Gasteiger partial charge < -0.3 is 10.1 Å². The second-order valence-corrected chi connectivity index (χ2v) is 3.78. The van der Waals surface area contributed by atoms with Crippen molar-refractivity contribution in [3.8, 4) is 0 Å². The number of nitrogens with one attached hydrogen (secondary N) is 1. The smallest absolute Gasteiger partial charge is 0.372 e. The van der Waals surface area contributed by atoms with Crippen LogP contribution < -0.4 is 5.32 Å². The summed E-state index contributed by atoms with van der Waals surface area (Å²) >= 11 is 0. The van der Waals surface area contributed by atoms with Gasteiger partial charge in [0.05, 0.1) is 13.2 Å². The molecular formula is C11H12F3NO. The quantitative estimate of drug-likeness (QED) is 0.844. The van der Waals surface area contributed by atoms with Gasteiger partial charge in [0, 0.05) is 0 Å². The first-order valence-electron chi connectivity index (χ1n) is 4.96. The number of benzene rings is 1. The molecule has 0 bridgehead atoms. The van der Waals surface area contributed by atoms with Crippen molar-refractivity contribution in [2.45, 2.75) is 25.4 Å². The molecule has 2 rings (SSSR count). The molecule has 1 N–H and O–H groups in total. The number of fused-ring (bicyclic) bond motifs is 1. The molecule has 0 aromatic heterocycles. The molecule has 1 atom stereocenters. The summed E-state index contributed by atoms with van der Waals surface area (Å²) in [4.78, 5) is 0. The maximum absolute atomic E-state index is 12.7. The van der Waals surface area contributed by atoms with Crippen LogP contribution in [0.15, 0.2) is 18.2 Å². The zero-order valence-electron chi connectivity index (χ0n) is 8.77. The maximum Gasteiger partial charge on any atom is 0.407 e. The SMILES string of the molecule is CNC(c1ccc2c(c1)COC2)C(F)(F)F. The molecule has 0 radical (unpaired) electrons. The van der Waals surface area contributed by atoms with Crippen molar-refractivity contribution in [2.75, 3.05) is 7.05 Å². The number of alkyl halides is 3. The van der Waals surface area contributed by atoms with Crippen LogP contribution >= 0.6 is 0 Å². The van der Waals surface area contributed by atoms with Crippen LogP contribution in [-0.2, 0) is 18.0 Å². The minimum atomic E-state index is -4.28. The normalized spacial score (nSPS) is 17.2. The Morgan fingerprint density at radius 1 is 1.25 bits per heavy atom. The molecule has 2 nitrogen and oxygen atoms in total. The fourth-order valence-electron chi connectivity index (χ4n) is 1.89. The van der Waals surface area contributed by atoms with Gasteiger partial charge in [-0.1, -0.05) is 18.2 Å². The molecule has 5 heteroatoms. The van der Waals surface area contributed by atoms with Crippen molar-refractivity contribution in [2.24, 2.45) is 0 Å². The molecule has 0 saturated carbocycles. The lowest BCUT2D eigenvalue weighted by Gasteiger charge is -2.20. The first-order valence-corrected chi connectivity index (χ1v) is 4.96. The van der Waals surface area contributed by atoms with E-state index in [2.05, 4.69) is 5.32 Å². The third kappa shape index (κ3) is 2.05. The summed E-state index contributed by atoms with van der Waals surface area (Å²) in [6, 6.07) is 3.16. The lowest BCUT2D eigenvalue weighted by Crippen LogP contribution is -2.31. The van der Waals surface area contributed by atoms with Gasteiger partial charge >= 0.3 is 6.18 Å². The number of rotatable bonds is 2. The van der Waals surface area contributed by atoms with Crippen molar-refractivity contribution in [3.63, 3.8) is 0 Å². The molecule has 0 saturated heterocycles. The number of halogens is 3. The average Bonchev–Trinajstić information content (AvgIpc) is 2.63. The molecule has 0 fully saturated rings. The van der Waals surface area contributed by atoms with Crippen LogP contribution in [0.3, 0.4) is 0 Å². The van der Waals surface area contributed by atoms with E-state index in [9.17, 15) is 13.2 Å². The van der Waals surface area contributed by atoms with Gasteiger partial charge in [0.15, 0.2) is 0 Å².